The Bertz CT molecular complexity index is 1020. The molecule has 0 saturated carbocycles. The van der Waals surface area contributed by atoms with E-state index >= 15 is 0 Å². The van der Waals surface area contributed by atoms with Gasteiger partial charge in [0.2, 0.25) is 11.7 Å². The third-order valence-corrected chi connectivity index (χ3v) is 5.23. The number of carbonyl (C=O) groups is 1. The number of rotatable bonds is 5. The number of halogens is 3. The van der Waals surface area contributed by atoms with Crippen molar-refractivity contribution < 1.29 is 18.0 Å². The highest BCUT2D eigenvalue weighted by atomic mass is 32.2. The molecule has 0 fully saturated rings. The van der Waals surface area contributed by atoms with Crippen molar-refractivity contribution in [1.82, 2.24) is 9.97 Å². The van der Waals surface area contributed by atoms with Gasteiger partial charge in [0, 0.05) is 30.9 Å². The van der Waals surface area contributed by atoms with E-state index in [0.717, 1.165) is 17.4 Å². The van der Waals surface area contributed by atoms with E-state index < -0.39 is 17.3 Å². The van der Waals surface area contributed by atoms with Gasteiger partial charge in [-0.05, 0) is 37.3 Å². The maximum Gasteiger partial charge on any atom is 0.451 e. The summed E-state index contributed by atoms with van der Waals surface area (Å²) in [6.45, 7) is 1.62. The van der Waals surface area contributed by atoms with Gasteiger partial charge in [-0.25, -0.2) is 9.97 Å². The maximum absolute atomic E-state index is 13.2. The van der Waals surface area contributed by atoms with Crippen LogP contribution in [0.2, 0.25) is 0 Å². The molecule has 0 spiro atoms. The molecule has 3 rings (SSSR count). The van der Waals surface area contributed by atoms with Crippen molar-refractivity contribution in [3.05, 3.63) is 54.4 Å². The van der Waals surface area contributed by atoms with Crippen molar-refractivity contribution in [3.63, 3.8) is 0 Å². The lowest BCUT2D eigenvalue weighted by Gasteiger charge is -2.15. The zero-order valence-electron chi connectivity index (χ0n) is 16.0. The predicted molar refractivity (Wildman–Crippen MR) is 109 cm³/mol. The molecule has 0 bridgehead atoms. The molecule has 9 heteroatoms. The number of carbonyl (C=O) groups excluding carboxylic acids is 1. The quantitative estimate of drug-likeness (QED) is 0.473. The summed E-state index contributed by atoms with van der Waals surface area (Å²) in [5.41, 5.74) is 1.78. The molecule has 1 aromatic heterocycles. The number of thioether (sulfide) groups is 1. The third kappa shape index (κ3) is 4.97. The van der Waals surface area contributed by atoms with Crippen LogP contribution in [-0.2, 0) is 11.0 Å². The second kappa shape index (κ2) is 8.28. The Kier molecular flexibility index (Phi) is 5.97. The molecule has 152 valence electrons. The summed E-state index contributed by atoms with van der Waals surface area (Å²) in [6.07, 6.45) is -4.67. The molecule has 0 radical (unpaired) electrons. The lowest BCUT2D eigenvalue weighted by Crippen LogP contribution is -2.23. The molecule has 2 aromatic carbocycles. The van der Waals surface area contributed by atoms with Crippen LogP contribution in [-0.4, -0.2) is 35.2 Å². The van der Waals surface area contributed by atoms with Crippen LogP contribution in [0.25, 0.3) is 10.9 Å². The number of hydrogen-bond acceptors (Lipinski definition) is 5. The largest absolute Gasteiger partial charge is 0.451 e. The van der Waals surface area contributed by atoms with E-state index in [9.17, 15) is 18.0 Å². The van der Waals surface area contributed by atoms with Crippen LogP contribution in [0.15, 0.2) is 53.6 Å². The van der Waals surface area contributed by atoms with Crippen LogP contribution in [0.3, 0.4) is 0 Å². The molecule has 0 aliphatic heterocycles. The highest BCUT2D eigenvalue weighted by Gasteiger charge is 2.35. The number of fused-ring (bicyclic) bond motifs is 1. The van der Waals surface area contributed by atoms with Gasteiger partial charge in [0.15, 0.2) is 0 Å². The highest BCUT2D eigenvalue weighted by molar-refractivity contribution is 8.00. The van der Waals surface area contributed by atoms with Gasteiger partial charge >= 0.3 is 6.18 Å². The number of aromatic nitrogens is 2. The van der Waals surface area contributed by atoms with E-state index in [0.29, 0.717) is 11.1 Å². The number of anilines is 2. The van der Waals surface area contributed by atoms with Crippen LogP contribution in [0, 0.1) is 0 Å². The van der Waals surface area contributed by atoms with Gasteiger partial charge in [-0.3, -0.25) is 4.79 Å². The van der Waals surface area contributed by atoms with Crippen LogP contribution in [0.1, 0.15) is 12.7 Å². The van der Waals surface area contributed by atoms with E-state index in [1.54, 1.807) is 37.3 Å². The van der Waals surface area contributed by atoms with Gasteiger partial charge < -0.3 is 10.2 Å². The summed E-state index contributed by atoms with van der Waals surface area (Å²) in [4.78, 5) is 21.7. The van der Waals surface area contributed by atoms with Gasteiger partial charge in [-0.15, -0.1) is 0 Å². The fourth-order valence-electron chi connectivity index (χ4n) is 2.57. The maximum atomic E-state index is 13.2. The fraction of sp³-hybridized carbons (Fsp3) is 0.250. The van der Waals surface area contributed by atoms with E-state index in [4.69, 9.17) is 0 Å². The number of para-hydroxylation sites is 1. The minimum atomic E-state index is -4.67. The lowest BCUT2D eigenvalue weighted by molar-refractivity contribution is -0.145. The lowest BCUT2D eigenvalue weighted by atomic mass is 10.2. The normalized spacial score (nSPS) is 12.6. The van der Waals surface area contributed by atoms with Gasteiger partial charge in [0.25, 0.3) is 0 Å². The summed E-state index contributed by atoms with van der Waals surface area (Å²) in [7, 11) is 3.82. The van der Waals surface area contributed by atoms with Crippen LogP contribution in [0.4, 0.5) is 24.5 Å². The molecule has 5 nitrogen and oxygen atoms in total. The zero-order chi connectivity index (χ0) is 21.2. The van der Waals surface area contributed by atoms with Crippen LogP contribution in [0.5, 0.6) is 0 Å². The summed E-state index contributed by atoms with van der Waals surface area (Å²) in [6, 6.07) is 13.7. The summed E-state index contributed by atoms with van der Waals surface area (Å²) >= 11 is 0.967. The van der Waals surface area contributed by atoms with Gasteiger partial charge in [-0.1, -0.05) is 30.0 Å². The number of benzene rings is 2. The average molecular weight is 420 g/mol. The molecular formula is C20H19F3N4OS. The molecule has 0 unspecified atom stereocenters. The van der Waals surface area contributed by atoms with Crippen LogP contribution >= 0.6 is 11.8 Å². The highest BCUT2D eigenvalue weighted by Crippen LogP contribution is 2.33. The third-order valence-electron chi connectivity index (χ3n) is 4.13. The minimum Gasteiger partial charge on any atom is -0.378 e. The molecule has 1 atom stereocenters. The SMILES string of the molecule is C[C@@H](Sc1nc(C(F)(F)F)nc2ccccc12)C(=O)Nc1ccc(N(C)C)cc1. The Hall–Kier alpha value is -2.81. The molecule has 1 N–H and O–H groups in total. The number of hydrogen-bond donors (Lipinski definition) is 1. The van der Waals surface area contributed by atoms with Crippen molar-refractivity contribution in [2.24, 2.45) is 0 Å². The average Bonchev–Trinajstić information content (AvgIpc) is 2.67. The standard InChI is InChI=1S/C20H19F3N4OS/c1-12(17(28)24-13-8-10-14(11-9-13)27(2)3)29-18-15-6-4-5-7-16(15)25-19(26-18)20(21,22)23/h4-12H,1-3H3,(H,24,28)/t12-/m1/s1. The molecule has 1 heterocycles. The molecule has 0 saturated heterocycles. The molecule has 0 aliphatic carbocycles. The topological polar surface area (TPSA) is 58.1 Å². The Morgan fingerprint density at radius 2 is 1.72 bits per heavy atom. The van der Waals surface area contributed by atoms with Gasteiger partial charge in [-0.2, -0.15) is 13.2 Å². The Labute approximate surface area is 170 Å². The van der Waals surface area contributed by atoms with Crippen molar-refractivity contribution >= 4 is 39.9 Å². The Balaban J connectivity index is 1.81. The molecular weight excluding hydrogens is 401 g/mol. The predicted octanol–water partition coefficient (Wildman–Crippen LogP) is 4.83. The number of alkyl halides is 3. The second-order valence-corrected chi connectivity index (χ2v) is 7.89. The fourth-order valence-corrected chi connectivity index (χ4v) is 3.51. The zero-order valence-corrected chi connectivity index (χ0v) is 16.8. The van der Waals surface area contributed by atoms with E-state index in [2.05, 4.69) is 15.3 Å². The number of amides is 1. The van der Waals surface area contributed by atoms with Gasteiger partial charge in [0.05, 0.1) is 10.8 Å². The smallest absolute Gasteiger partial charge is 0.378 e. The summed E-state index contributed by atoms with van der Waals surface area (Å²) in [5, 5.41) is 2.70. The second-order valence-electron chi connectivity index (χ2n) is 6.56. The molecule has 29 heavy (non-hydrogen) atoms. The Morgan fingerprint density at radius 3 is 2.34 bits per heavy atom. The molecule has 1 amide bonds. The van der Waals surface area contributed by atoms with Crippen LogP contribution < -0.4 is 10.2 Å². The van der Waals surface area contributed by atoms with Crippen molar-refractivity contribution in [3.8, 4) is 0 Å². The first kappa shape index (κ1) is 20.9. The molecule has 3 aromatic rings. The molecule has 0 aliphatic rings. The van der Waals surface area contributed by atoms with Crippen molar-refractivity contribution in [2.75, 3.05) is 24.3 Å². The summed E-state index contributed by atoms with van der Waals surface area (Å²) in [5.74, 6) is -1.55. The van der Waals surface area contributed by atoms with Crippen molar-refractivity contribution in [2.45, 2.75) is 23.4 Å². The Morgan fingerprint density at radius 1 is 1.07 bits per heavy atom. The van der Waals surface area contributed by atoms with Crippen molar-refractivity contribution in [1.29, 1.82) is 0 Å². The first-order valence-corrected chi connectivity index (χ1v) is 9.62. The van der Waals surface area contributed by atoms with E-state index in [-0.39, 0.29) is 16.4 Å². The monoisotopic (exact) mass is 420 g/mol. The van der Waals surface area contributed by atoms with Gasteiger partial charge in [0.1, 0.15) is 5.03 Å². The first-order valence-electron chi connectivity index (χ1n) is 8.74. The number of nitrogens with zero attached hydrogens (tertiary/aromatic N) is 3. The number of nitrogens with one attached hydrogen (secondary N) is 1. The van der Waals surface area contributed by atoms with E-state index in [1.807, 2.05) is 31.1 Å². The summed E-state index contributed by atoms with van der Waals surface area (Å²) < 4.78 is 39.5. The minimum absolute atomic E-state index is 0.119. The first-order chi connectivity index (χ1) is 13.6. The van der Waals surface area contributed by atoms with E-state index in [1.165, 1.54) is 6.07 Å².